The minimum atomic E-state index is -2.59. The first kappa shape index (κ1) is 19.2. The molecule has 0 atom stereocenters. The van der Waals surface area contributed by atoms with E-state index >= 15 is 0 Å². The van der Waals surface area contributed by atoms with Crippen LogP contribution in [0.4, 0.5) is 14.8 Å². The molecule has 0 bridgehead atoms. The summed E-state index contributed by atoms with van der Waals surface area (Å²) in [5.41, 5.74) is 9.18. The summed E-state index contributed by atoms with van der Waals surface area (Å²) in [6, 6.07) is 5.74. The molecule has 8 nitrogen and oxygen atoms in total. The quantitative estimate of drug-likeness (QED) is 0.534. The minimum Gasteiger partial charge on any atom is -0.371 e. The lowest BCUT2D eigenvalue weighted by molar-refractivity contribution is -0.0450. The molecule has 10 heteroatoms. The Morgan fingerprint density at radius 2 is 1.97 bits per heavy atom. The van der Waals surface area contributed by atoms with Gasteiger partial charge in [0, 0.05) is 66.7 Å². The second kappa shape index (κ2) is 7.15. The van der Waals surface area contributed by atoms with Crippen molar-refractivity contribution in [2.75, 3.05) is 18.8 Å². The van der Waals surface area contributed by atoms with E-state index in [4.69, 9.17) is 10.3 Å². The largest absolute Gasteiger partial charge is 0.371 e. The second-order valence-corrected chi connectivity index (χ2v) is 7.50. The molecule has 31 heavy (non-hydrogen) atoms. The molecule has 158 valence electrons. The van der Waals surface area contributed by atoms with E-state index in [1.165, 1.54) is 0 Å². The molecular weight excluding hydrogens is 404 g/mol. The summed E-state index contributed by atoms with van der Waals surface area (Å²) in [7, 11) is 0. The van der Waals surface area contributed by atoms with Gasteiger partial charge in [0.1, 0.15) is 5.65 Å². The number of anilines is 1. The van der Waals surface area contributed by atoms with Crippen LogP contribution in [-0.2, 0) is 0 Å². The van der Waals surface area contributed by atoms with Crippen LogP contribution in [0.1, 0.15) is 18.4 Å². The SMILES string of the molecule is C=C(c1cnc2c(ccn2-c2cncc(-c3noc(N)n3)c2)c1)N1CCC(F)(F)CC1. The summed E-state index contributed by atoms with van der Waals surface area (Å²) in [6.45, 7) is 4.67. The first-order valence-electron chi connectivity index (χ1n) is 9.74. The van der Waals surface area contributed by atoms with Gasteiger partial charge in [-0.2, -0.15) is 4.98 Å². The van der Waals surface area contributed by atoms with Crippen LogP contribution >= 0.6 is 0 Å². The zero-order valence-corrected chi connectivity index (χ0v) is 16.5. The van der Waals surface area contributed by atoms with Gasteiger partial charge in [-0.1, -0.05) is 11.7 Å². The molecule has 0 spiro atoms. The fourth-order valence-corrected chi connectivity index (χ4v) is 3.71. The maximum Gasteiger partial charge on any atom is 0.319 e. The van der Waals surface area contributed by atoms with E-state index in [9.17, 15) is 8.78 Å². The lowest BCUT2D eigenvalue weighted by atomic mass is 10.0. The summed E-state index contributed by atoms with van der Waals surface area (Å²) < 4.78 is 33.6. The smallest absolute Gasteiger partial charge is 0.319 e. The highest BCUT2D eigenvalue weighted by atomic mass is 19.3. The van der Waals surface area contributed by atoms with Crippen LogP contribution in [0.15, 0.2) is 54.1 Å². The van der Waals surface area contributed by atoms with Crippen molar-refractivity contribution in [3.8, 4) is 17.1 Å². The minimum absolute atomic E-state index is 0.0151. The van der Waals surface area contributed by atoms with E-state index in [1.54, 1.807) is 18.6 Å². The van der Waals surface area contributed by atoms with E-state index in [0.717, 1.165) is 22.3 Å². The molecule has 5 rings (SSSR count). The molecule has 0 amide bonds. The van der Waals surface area contributed by atoms with Gasteiger partial charge < -0.3 is 15.2 Å². The predicted octanol–water partition coefficient (Wildman–Crippen LogP) is 3.75. The highest BCUT2D eigenvalue weighted by Crippen LogP contribution is 2.32. The third kappa shape index (κ3) is 3.60. The van der Waals surface area contributed by atoms with Gasteiger partial charge in [-0.3, -0.25) is 9.55 Å². The van der Waals surface area contributed by atoms with E-state index in [-0.39, 0.29) is 31.9 Å². The number of halogens is 2. The monoisotopic (exact) mass is 423 g/mol. The lowest BCUT2D eigenvalue weighted by Crippen LogP contribution is -2.38. The van der Waals surface area contributed by atoms with Crippen molar-refractivity contribution in [3.63, 3.8) is 0 Å². The first-order valence-corrected chi connectivity index (χ1v) is 9.74. The molecule has 0 unspecified atom stereocenters. The van der Waals surface area contributed by atoms with E-state index in [2.05, 4.69) is 26.7 Å². The first-order chi connectivity index (χ1) is 14.9. The predicted molar refractivity (Wildman–Crippen MR) is 111 cm³/mol. The fourth-order valence-electron chi connectivity index (χ4n) is 3.71. The number of nitrogen functional groups attached to an aromatic ring is 1. The topological polar surface area (TPSA) is 98.9 Å². The highest BCUT2D eigenvalue weighted by molar-refractivity contribution is 5.82. The number of alkyl halides is 2. The van der Waals surface area contributed by atoms with Crippen molar-refractivity contribution in [2.24, 2.45) is 0 Å². The summed E-state index contributed by atoms with van der Waals surface area (Å²) in [4.78, 5) is 14.8. The second-order valence-electron chi connectivity index (χ2n) is 7.50. The van der Waals surface area contributed by atoms with Crippen LogP contribution in [0.3, 0.4) is 0 Å². The van der Waals surface area contributed by atoms with Crippen LogP contribution in [0, 0.1) is 0 Å². The molecule has 0 aromatic carbocycles. The van der Waals surface area contributed by atoms with Gasteiger partial charge >= 0.3 is 6.01 Å². The average Bonchev–Trinajstić information content (AvgIpc) is 3.39. The van der Waals surface area contributed by atoms with Gasteiger partial charge in [0.15, 0.2) is 0 Å². The molecule has 1 saturated heterocycles. The van der Waals surface area contributed by atoms with Crippen molar-refractivity contribution in [1.82, 2.24) is 29.6 Å². The van der Waals surface area contributed by atoms with E-state index < -0.39 is 5.92 Å². The van der Waals surface area contributed by atoms with Crippen LogP contribution in [0.2, 0.25) is 0 Å². The van der Waals surface area contributed by atoms with Gasteiger partial charge in [0.2, 0.25) is 5.82 Å². The molecule has 0 saturated carbocycles. The Labute approximate surface area is 176 Å². The zero-order chi connectivity index (χ0) is 21.6. The highest BCUT2D eigenvalue weighted by Gasteiger charge is 2.34. The molecule has 2 N–H and O–H groups in total. The summed E-state index contributed by atoms with van der Waals surface area (Å²) in [6.07, 6.45) is 6.61. The van der Waals surface area contributed by atoms with Gasteiger partial charge in [-0.05, 0) is 18.2 Å². The van der Waals surface area contributed by atoms with Gasteiger partial charge in [0.25, 0.3) is 5.92 Å². The molecule has 1 aliphatic heterocycles. The van der Waals surface area contributed by atoms with Crippen LogP contribution < -0.4 is 5.73 Å². The summed E-state index contributed by atoms with van der Waals surface area (Å²) in [5.74, 6) is -2.24. The number of likely N-dealkylation sites (tertiary alicyclic amines) is 1. The van der Waals surface area contributed by atoms with Crippen LogP contribution in [0.5, 0.6) is 0 Å². The Morgan fingerprint density at radius 3 is 2.71 bits per heavy atom. The Morgan fingerprint density at radius 1 is 1.16 bits per heavy atom. The maximum absolute atomic E-state index is 13.5. The Hall–Kier alpha value is -3.82. The fraction of sp³-hybridized carbons (Fsp3) is 0.238. The van der Waals surface area contributed by atoms with Crippen LogP contribution in [0.25, 0.3) is 33.8 Å². The third-order valence-corrected chi connectivity index (χ3v) is 5.44. The van der Waals surface area contributed by atoms with Crippen molar-refractivity contribution in [2.45, 2.75) is 18.8 Å². The molecular formula is C21H19F2N7O. The third-order valence-electron chi connectivity index (χ3n) is 5.44. The molecule has 4 aromatic heterocycles. The van der Waals surface area contributed by atoms with Crippen LogP contribution in [-0.4, -0.2) is 48.6 Å². The molecule has 5 heterocycles. The van der Waals surface area contributed by atoms with Crippen molar-refractivity contribution >= 4 is 22.7 Å². The number of nitrogens with zero attached hydrogens (tertiary/aromatic N) is 6. The number of pyridine rings is 2. The molecule has 4 aromatic rings. The Balaban J connectivity index is 1.43. The number of fused-ring (bicyclic) bond motifs is 1. The summed E-state index contributed by atoms with van der Waals surface area (Å²) in [5, 5.41) is 4.72. The van der Waals surface area contributed by atoms with E-state index in [1.807, 2.05) is 33.9 Å². The number of hydrogen-bond acceptors (Lipinski definition) is 7. The van der Waals surface area contributed by atoms with Gasteiger partial charge in [-0.15, -0.1) is 0 Å². The molecule has 1 aliphatic rings. The maximum atomic E-state index is 13.5. The Kier molecular flexibility index (Phi) is 4.42. The molecule has 0 radical (unpaired) electrons. The zero-order valence-electron chi connectivity index (χ0n) is 16.5. The van der Waals surface area contributed by atoms with Crippen molar-refractivity contribution in [3.05, 3.63) is 55.1 Å². The van der Waals surface area contributed by atoms with Gasteiger partial charge in [-0.25, -0.2) is 13.8 Å². The number of aromatic nitrogens is 5. The van der Waals surface area contributed by atoms with Crippen molar-refractivity contribution in [1.29, 1.82) is 0 Å². The van der Waals surface area contributed by atoms with Gasteiger partial charge in [0.05, 0.1) is 11.9 Å². The lowest BCUT2D eigenvalue weighted by Gasteiger charge is -2.34. The number of rotatable bonds is 4. The summed E-state index contributed by atoms with van der Waals surface area (Å²) >= 11 is 0. The number of hydrogen-bond donors (Lipinski definition) is 1. The van der Waals surface area contributed by atoms with E-state index in [0.29, 0.717) is 17.1 Å². The molecule has 1 fully saturated rings. The normalized spacial score (nSPS) is 16.0. The molecule has 0 aliphatic carbocycles. The van der Waals surface area contributed by atoms with Crippen molar-refractivity contribution < 1.29 is 13.3 Å². The Bertz CT molecular complexity index is 1270. The standard InChI is InChI=1S/C21H19F2N7O/c1-13(29-6-3-21(22,23)4-7-29)15-8-14-2-5-30(19(14)26-11-15)17-9-16(10-25-12-17)18-27-20(24)31-28-18/h2,5,8-12H,1,3-4,6-7H2,(H2,24,27,28). The number of piperidine rings is 1. The number of nitrogens with two attached hydrogens (primary N) is 1. The average molecular weight is 423 g/mol.